The van der Waals surface area contributed by atoms with Crippen LogP contribution < -0.4 is 5.32 Å². The van der Waals surface area contributed by atoms with Gasteiger partial charge in [0.05, 0.1) is 35.3 Å². The van der Waals surface area contributed by atoms with E-state index in [9.17, 15) is 0 Å². The Balaban J connectivity index is 1.65. The van der Waals surface area contributed by atoms with Crippen LogP contribution in [0.15, 0.2) is 43.1 Å². The molecule has 0 spiro atoms. The third kappa shape index (κ3) is 3.35. The average molecular weight is 410 g/mol. The molecule has 1 fully saturated rings. The van der Waals surface area contributed by atoms with Crippen molar-refractivity contribution in [3.63, 3.8) is 0 Å². The van der Waals surface area contributed by atoms with E-state index in [0.717, 1.165) is 12.1 Å². The first-order valence-corrected chi connectivity index (χ1v) is 9.74. The first kappa shape index (κ1) is 18.8. The molecule has 0 saturated carbocycles. The van der Waals surface area contributed by atoms with Gasteiger partial charge < -0.3 is 14.5 Å². The maximum atomic E-state index is 15.2. The summed E-state index contributed by atoms with van der Waals surface area (Å²) in [6.45, 7) is 4.03. The van der Waals surface area contributed by atoms with Crippen LogP contribution in [0.4, 0.5) is 8.78 Å². The molecule has 4 heterocycles. The molecule has 7 nitrogen and oxygen atoms in total. The summed E-state index contributed by atoms with van der Waals surface area (Å²) in [5, 5.41) is 7.23. The van der Waals surface area contributed by atoms with Gasteiger partial charge in [-0.3, -0.25) is 0 Å². The van der Waals surface area contributed by atoms with E-state index in [-0.39, 0.29) is 23.0 Å². The lowest BCUT2D eigenvalue weighted by molar-refractivity contribution is 0.0286. The second-order valence-corrected chi connectivity index (χ2v) is 7.36. The zero-order chi connectivity index (χ0) is 20.7. The zero-order valence-corrected chi connectivity index (χ0v) is 16.3. The first-order chi connectivity index (χ1) is 14.6. The molecule has 1 aliphatic rings. The molecule has 0 radical (unpaired) electrons. The van der Waals surface area contributed by atoms with Gasteiger partial charge in [-0.1, -0.05) is 0 Å². The lowest BCUT2D eigenvalue weighted by atomic mass is 10.0. The number of fused-ring (bicyclic) bond motifs is 1. The second kappa shape index (κ2) is 7.58. The summed E-state index contributed by atoms with van der Waals surface area (Å²) < 4.78 is 39.3. The number of hydrogen-bond acceptors (Lipinski definition) is 5. The molecule has 1 unspecified atom stereocenters. The van der Waals surface area contributed by atoms with Crippen LogP contribution in [0.5, 0.6) is 0 Å². The lowest BCUT2D eigenvalue weighted by Crippen LogP contribution is -2.39. The third-order valence-corrected chi connectivity index (χ3v) is 5.25. The molecular formula is C21H20F2N6O. The highest BCUT2D eigenvalue weighted by molar-refractivity contribution is 5.69. The van der Waals surface area contributed by atoms with Gasteiger partial charge in [-0.25, -0.2) is 23.4 Å². The SMILES string of the molecule is Cc1ccn2c(CC3CNCCO3)c(-c3c(F)cc(-n4cncn4)cc3F)nc2c1. The quantitative estimate of drug-likeness (QED) is 0.560. The molecule has 3 aromatic heterocycles. The number of rotatable bonds is 4. The summed E-state index contributed by atoms with van der Waals surface area (Å²) in [5.74, 6) is -1.41. The van der Waals surface area contributed by atoms with Crippen molar-refractivity contribution in [2.24, 2.45) is 0 Å². The predicted molar refractivity (Wildman–Crippen MR) is 107 cm³/mol. The summed E-state index contributed by atoms with van der Waals surface area (Å²) in [5.41, 5.74) is 2.76. The molecule has 4 aromatic rings. The monoisotopic (exact) mass is 410 g/mol. The Hall–Kier alpha value is -3.17. The number of morpholine rings is 1. The Morgan fingerprint density at radius 2 is 2.07 bits per heavy atom. The summed E-state index contributed by atoms with van der Waals surface area (Å²) in [4.78, 5) is 8.42. The Bertz CT molecular complexity index is 1170. The maximum Gasteiger partial charge on any atom is 0.138 e. The third-order valence-electron chi connectivity index (χ3n) is 5.25. The molecule has 1 atom stereocenters. The van der Waals surface area contributed by atoms with Crippen molar-refractivity contribution in [1.82, 2.24) is 29.5 Å². The number of nitrogens with one attached hydrogen (secondary N) is 1. The Labute approximate surface area is 171 Å². The van der Waals surface area contributed by atoms with Crippen molar-refractivity contribution in [1.29, 1.82) is 0 Å². The molecule has 30 heavy (non-hydrogen) atoms. The Morgan fingerprint density at radius 1 is 1.23 bits per heavy atom. The minimum atomic E-state index is -0.704. The normalized spacial score (nSPS) is 17.0. The van der Waals surface area contributed by atoms with Gasteiger partial charge in [-0.15, -0.1) is 0 Å². The standard InChI is InChI=1S/C21H20F2N6O/c1-13-2-4-28-18(9-15-10-24-3-5-30-15)21(27-19(28)6-13)20-16(22)7-14(8-17(20)23)29-12-25-11-26-29/h2,4,6-8,11-12,15,24H,3,5,9-10H2,1H3. The van der Waals surface area contributed by atoms with Crippen LogP contribution in [-0.4, -0.2) is 49.9 Å². The Morgan fingerprint density at radius 3 is 2.77 bits per heavy atom. The molecule has 0 bridgehead atoms. The van der Waals surface area contributed by atoms with E-state index in [4.69, 9.17) is 4.74 Å². The van der Waals surface area contributed by atoms with E-state index in [2.05, 4.69) is 20.4 Å². The minimum Gasteiger partial charge on any atom is -0.375 e. The Kier molecular flexibility index (Phi) is 4.76. The highest BCUT2D eigenvalue weighted by atomic mass is 19.1. The van der Waals surface area contributed by atoms with Gasteiger partial charge in [-0.05, 0) is 24.6 Å². The highest BCUT2D eigenvalue weighted by Crippen LogP contribution is 2.32. The number of hydrogen-bond donors (Lipinski definition) is 1. The molecule has 1 aromatic carbocycles. The van der Waals surface area contributed by atoms with Crippen LogP contribution in [0.2, 0.25) is 0 Å². The molecule has 1 N–H and O–H groups in total. The van der Waals surface area contributed by atoms with Gasteiger partial charge in [-0.2, -0.15) is 5.10 Å². The molecule has 5 rings (SSSR count). The molecular weight excluding hydrogens is 390 g/mol. The first-order valence-electron chi connectivity index (χ1n) is 9.74. The highest BCUT2D eigenvalue weighted by Gasteiger charge is 2.25. The van der Waals surface area contributed by atoms with Crippen LogP contribution in [0, 0.1) is 18.6 Å². The lowest BCUT2D eigenvalue weighted by Gasteiger charge is -2.24. The fourth-order valence-electron chi connectivity index (χ4n) is 3.82. The van der Waals surface area contributed by atoms with Crippen molar-refractivity contribution < 1.29 is 13.5 Å². The number of pyridine rings is 1. The number of ether oxygens (including phenoxy) is 1. The predicted octanol–water partition coefficient (Wildman–Crippen LogP) is 2.70. The molecule has 154 valence electrons. The number of halogens is 2. The smallest absolute Gasteiger partial charge is 0.138 e. The van der Waals surface area contributed by atoms with E-state index in [1.807, 2.05) is 29.7 Å². The van der Waals surface area contributed by atoms with E-state index in [1.54, 1.807) is 0 Å². The van der Waals surface area contributed by atoms with E-state index < -0.39 is 11.6 Å². The number of benzene rings is 1. The van der Waals surface area contributed by atoms with Crippen LogP contribution in [-0.2, 0) is 11.2 Å². The molecule has 1 saturated heterocycles. The summed E-state index contributed by atoms with van der Waals surface area (Å²) in [7, 11) is 0. The van der Waals surface area contributed by atoms with E-state index >= 15 is 8.78 Å². The van der Waals surface area contributed by atoms with Crippen LogP contribution in [0.3, 0.4) is 0 Å². The van der Waals surface area contributed by atoms with Gasteiger partial charge >= 0.3 is 0 Å². The number of aryl methyl sites for hydroxylation is 1. The van der Waals surface area contributed by atoms with Crippen LogP contribution in [0.25, 0.3) is 22.6 Å². The van der Waals surface area contributed by atoms with Crippen LogP contribution >= 0.6 is 0 Å². The van der Waals surface area contributed by atoms with Crippen molar-refractivity contribution in [2.75, 3.05) is 19.7 Å². The number of nitrogens with zero attached hydrogens (tertiary/aromatic N) is 5. The maximum absolute atomic E-state index is 15.2. The van der Waals surface area contributed by atoms with Crippen LogP contribution in [0.1, 0.15) is 11.3 Å². The summed E-state index contributed by atoms with van der Waals surface area (Å²) in [6.07, 6.45) is 4.97. The molecule has 1 aliphatic heterocycles. The van der Waals surface area contributed by atoms with E-state index in [0.29, 0.717) is 30.9 Å². The van der Waals surface area contributed by atoms with Crippen molar-refractivity contribution in [3.8, 4) is 16.9 Å². The van der Waals surface area contributed by atoms with Crippen molar-refractivity contribution in [3.05, 3.63) is 66.0 Å². The van der Waals surface area contributed by atoms with Gasteiger partial charge in [0.15, 0.2) is 0 Å². The fourth-order valence-corrected chi connectivity index (χ4v) is 3.82. The number of imidazole rings is 1. The molecule has 0 aliphatic carbocycles. The van der Waals surface area contributed by atoms with Crippen molar-refractivity contribution in [2.45, 2.75) is 19.4 Å². The second-order valence-electron chi connectivity index (χ2n) is 7.36. The van der Waals surface area contributed by atoms with Gasteiger partial charge in [0.1, 0.15) is 29.9 Å². The van der Waals surface area contributed by atoms with Gasteiger partial charge in [0.25, 0.3) is 0 Å². The number of aromatic nitrogens is 5. The fraction of sp³-hybridized carbons (Fsp3) is 0.286. The minimum absolute atomic E-state index is 0.0979. The van der Waals surface area contributed by atoms with E-state index in [1.165, 1.54) is 29.5 Å². The van der Waals surface area contributed by atoms with Crippen molar-refractivity contribution >= 4 is 5.65 Å². The van der Waals surface area contributed by atoms with Gasteiger partial charge in [0, 0.05) is 37.8 Å². The summed E-state index contributed by atoms with van der Waals surface area (Å²) >= 11 is 0. The van der Waals surface area contributed by atoms with Gasteiger partial charge in [0.2, 0.25) is 0 Å². The molecule has 0 amide bonds. The zero-order valence-electron chi connectivity index (χ0n) is 16.3. The summed E-state index contributed by atoms with van der Waals surface area (Å²) in [6, 6.07) is 6.32. The molecule has 9 heteroatoms. The largest absolute Gasteiger partial charge is 0.375 e. The average Bonchev–Trinajstić information content (AvgIpc) is 3.37. The topological polar surface area (TPSA) is 69.3 Å².